The van der Waals surface area contributed by atoms with Crippen LogP contribution in [0.5, 0.6) is 0 Å². The number of halogens is 2. The summed E-state index contributed by atoms with van der Waals surface area (Å²) in [6, 6.07) is 7.69. The minimum atomic E-state index is -3.54. The van der Waals surface area contributed by atoms with Crippen LogP contribution in [0.3, 0.4) is 0 Å². The first-order valence-corrected chi connectivity index (χ1v) is 10.4. The van der Waals surface area contributed by atoms with Gasteiger partial charge in [0, 0.05) is 45.0 Å². The maximum Gasteiger partial charge on any atom is 0.293 e. The van der Waals surface area contributed by atoms with Gasteiger partial charge in [-0.1, -0.05) is 6.07 Å². The van der Waals surface area contributed by atoms with Crippen LogP contribution in [0.25, 0.3) is 0 Å². The number of benzene rings is 2. The van der Waals surface area contributed by atoms with E-state index in [0.29, 0.717) is 44.0 Å². The van der Waals surface area contributed by atoms with Crippen molar-refractivity contribution >= 4 is 21.2 Å². The molecule has 1 aliphatic heterocycles. The lowest BCUT2D eigenvalue weighted by Gasteiger charge is -2.35. The molecule has 0 bridgehead atoms. The van der Waals surface area contributed by atoms with Gasteiger partial charge in [-0.3, -0.25) is 15.0 Å². The molecular weight excluding hydrogens is 392 g/mol. The average Bonchev–Trinajstić information content (AvgIpc) is 2.64. The second-order valence-electron chi connectivity index (χ2n) is 6.69. The molecule has 0 radical (unpaired) electrons. The van der Waals surface area contributed by atoms with Crippen molar-refractivity contribution < 1.29 is 22.1 Å². The molecule has 150 valence electrons. The Balaban J connectivity index is 1.72. The minimum Gasteiger partial charge on any atom is -0.363 e. The van der Waals surface area contributed by atoms with Crippen LogP contribution in [0.2, 0.25) is 0 Å². The predicted octanol–water partition coefficient (Wildman–Crippen LogP) is 2.60. The Labute approximate surface area is 161 Å². The predicted molar refractivity (Wildman–Crippen MR) is 100 cm³/mol. The zero-order chi connectivity index (χ0) is 20.5. The van der Waals surface area contributed by atoms with Crippen LogP contribution < -0.4 is 4.90 Å². The molecule has 1 fully saturated rings. The Morgan fingerprint density at radius 3 is 2.29 bits per heavy atom. The highest BCUT2D eigenvalue weighted by Crippen LogP contribution is 2.31. The number of piperazine rings is 1. The van der Waals surface area contributed by atoms with Crippen molar-refractivity contribution in [1.29, 1.82) is 0 Å². The van der Waals surface area contributed by atoms with Crippen LogP contribution in [0.4, 0.5) is 20.2 Å². The summed E-state index contributed by atoms with van der Waals surface area (Å²) in [5.41, 5.74) is 0.762. The standard InChI is InChI=1S/C18H19F2N3O4S/c1-28(26,27)14-3-5-17(18(11-14)23(24)25)22-8-6-21(7-9-22)12-13-2-4-15(19)16(20)10-13/h2-5,10-11H,6-9,12H2,1H3. The van der Waals surface area contributed by atoms with Gasteiger partial charge in [0.1, 0.15) is 5.69 Å². The first-order chi connectivity index (χ1) is 13.1. The van der Waals surface area contributed by atoms with Crippen molar-refractivity contribution in [2.24, 2.45) is 0 Å². The molecule has 0 aromatic heterocycles. The Morgan fingerprint density at radius 1 is 1.04 bits per heavy atom. The van der Waals surface area contributed by atoms with Gasteiger partial charge in [-0.15, -0.1) is 0 Å². The molecule has 0 aliphatic carbocycles. The minimum absolute atomic E-state index is 0.0973. The normalized spacial score (nSPS) is 15.6. The SMILES string of the molecule is CS(=O)(=O)c1ccc(N2CCN(Cc3ccc(F)c(F)c3)CC2)c([N+](=O)[O-])c1. The molecule has 1 aliphatic rings. The largest absolute Gasteiger partial charge is 0.363 e. The van der Waals surface area contributed by atoms with Gasteiger partial charge in [-0.05, 0) is 29.8 Å². The van der Waals surface area contributed by atoms with Gasteiger partial charge < -0.3 is 4.90 Å². The Bertz CT molecular complexity index is 1010. The highest BCUT2D eigenvalue weighted by atomic mass is 32.2. The van der Waals surface area contributed by atoms with E-state index in [-0.39, 0.29) is 10.6 Å². The van der Waals surface area contributed by atoms with Gasteiger partial charge in [-0.2, -0.15) is 0 Å². The fourth-order valence-corrected chi connectivity index (χ4v) is 3.83. The van der Waals surface area contributed by atoms with Gasteiger partial charge in [0.2, 0.25) is 0 Å². The summed E-state index contributed by atoms with van der Waals surface area (Å²) in [5.74, 6) is -1.78. The number of anilines is 1. The molecule has 1 saturated heterocycles. The molecule has 2 aromatic carbocycles. The molecule has 0 unspecified atom stereocenters. The summed E-state index contributed by atoms with van der Waals surface area (Å²) >= 11 is 0. The third-order valence-corrected chi connectivity index (χ3v) is 5.79. The van der Waals surface area contributed by atoms with Crippen LogP contribution in [0.15, 0.2) is 41.3 Å². The topological polar surface area (TPSA) is 83.8 Å². The molecule has 1 heterocycles. The monoisotopic (exact) mass is 411 g/mol. The average molecular weight is 411 g/mol. The fourth-order valence-electron chi connectivity index (χ4n) is 3.19. The van der Waals surface area contributed by atoms with E-state index in [4.69, 9.17) is 0 Å². The molecule has 2 aromatic rings. The number of hydrogen-bond donors (Lipinski definition) is 0. The third kappa shape index (κ3) is 4.45. The highest BCUT2D eigenvalue weighted by Gasteiger charge is 2.25. The van der Waals surface area contributed by atoms with Crippen LogP contribution in [-0.2, 0) is 16.4 Å². The first kappa shape index (κ1) is 20.2. The number of nitro benzene ring substituents is 1. The van der Waals surface area contributed by atoms with Gasteiger partial charge in [0.25, 0.3) is 5.69 Å². The fraction of sp³-hybridized carbons (Fsp3) is 0.333. The summed E-state index contributed by atoms with van der Waals surface area (Å²) in [7, 11) is -3.54. The molecule has 0 N–H and O–H groups in total. The maximum atomic E-state index is 13.3. The summed E-state index contributed by atoms with van der Waals surface area (Å²) in [6.45, 7) is 2.57. The zero-order valence-electron chi connectivity index (χ0n) is 15.1. The molecule has 0 amide bonds. The van der Waals surface area contributed by atoms with E-state index in [9.17, 15) is 27.3 Å². The summed E-state index contributed by atoms with van der Waals surface area (Å²) in [6.07, 6.45) is 1.00. The smallest absolute Gasteiger partial charge is 0.293 e. The number of hydrogen-bond acceptors (Lipinski definition) is 6. The summed E-state index contributed by atoms with van der Waals surface area (Å²) in [5, 5.41) is 11.4. The molecular formula is C18H19F2N3O4S. The highest BCUT2D eigenvalue weighted by molar-refractivity contribution is 7.90. The summed E-state index contributed by atoms with van der Waals surface area (Å²) < 4.78 is 49.7. The van der Waals surface area contributed by atoms with E-state index in [1.165, 1.54) is 18.2 Å². The molecule has 0 atom stereocenters. The van der Waals surface area contributed by atoms with Gasteiger partial charge in [-0.25, -0.2) is 17.2 Å². The van der Waals surface area contributed by atoms with Gasteiger partial charge in [0.05, 0.1) is 9.82 Å². The number of nitrogens with zero attached hydrogens (tertiary/aromatic N) is 3. The molecule has 28 heavy (non-hydrogen) atoms. The van der Waals surface area contributed by atoms with Gasteiger partial charge in [0.15, 0.2) is 21.5 Å². The lowest BCUT2D eigenvalue weighted by atomic mass is 10.1. The summed E-state index contributed by atoms with van der Waals surface area (Å²) in [4.78, 5) is 14.6. The van der Waals surface area contributed by atoms with Crippen molar-refractivity contribution in [2.75, 3.05) is 37.3 Å². The Kier molecular flexibility index (Phi) is 5.61. The maximum absolute atomic E-state index is 13.3. The molecule has 0 spiro atoms. The molecule has 0 saturated carbocycles. The van der Waals surface area contributed by atoms with E-state index in [1.807, 2.05) is 9.80 Å². The molecule has 3 rings (SSSR count). The van der Waals surface area contributed by atoms with E-state index < -0.39 is 26.4 Å². The van der Waals surface area contributed by atoms with Crippen molar-refractivity contribution in [1.82, 2.24) is 4.90 Å². The zero-order valence-corrected chi connectivity index (χ0v) is 16.0. The number of sulfone groups is 1. The van der Waals surface area contributed by atoms with Crippen molar-refractivity contribution in [3.8, 4) is 0 Å². The third-order valence-electron chi connectivity index (χ3n) is 4.67. The van der Waals surface area contributed by atoms with E-state index in [1.54, 1.807) is 0 Å². The lowest BCUT2D eigenvalue weighted by molar-refractivity contribution is -0.384. The number of nitro groups is 1. The van der Waals surface area contributed by atoms with Crippen molar-refractivity contribution in [2.45, 2.75) is 11.4 Å². The van der Waals surface area contributed by atoms with E-state index in [0.717, 1.165) is 24.5 Å². The Hall–Kier alpha value is -2.59. The quantitative estimate of drug-likeness (QED) is 0.556. The van der Waals surface area contributed by atoms with Gasteiger partial charge >= 0.3 is 0 Å². The lowest BCUT2D eigenvalue weighted by Crippen LogP contribution is -2.46. The van der Waals surface area contributed by atoms with Crippen LogP contribution in [-0.4, -0.2) is 50.7 Å². The van der Waals surface area contributed by atoms with Crippen LogP contribution in [0, 0.1) is 21.7 Å². The van der Waals surface area contributed by atoms with Crippen LogP contribution >= 0.6 is 0 Å². The number of rotatable bonds is 5. The second-order valence-corrected chi connectivity index (χ2v) is 8.71. The van der Waals surface area contributed by atoms with Crippen molar-refractivity contribution in [3.63, 3.8) is 0 Å². The molecule has 7 nitrogen and oxygen atoms in total. The molecule has 10 heteroatoms. The van der Waals surface area contributed by atoms with E-state index >= 15 is 0 Å². The second kappa shape index (κ2) is 7.80. The van der Waals surface area contributed by atoms with E-state index in [2.05, 4.69) is 0 Å². The first-order valence-electron chi connectivity index (χ1n) is 8.55. The van der Waals surface area contributed by atoms with Crippen LogP contribution in [0.1, 0.15) is 5.56 Å². The van der Waals surface area contributed by atoms with Crippen molar-refractivity contribution in [3.05, 3.63) is 63.7 Å². The Morgan fingerprint density at radius 2 is 1.71 bits per heavy atom.